The number of nitrogens with zero attached hydrogens (tertiary/aromatic N) is 1. The number of ketones is 1. The molecule has 27 heavy (non-hydrogen) atoms. The quantitative estimate of drug-likeness (QED) is 0.318. The minimum absolute atomic E-state index is 0.0102. The van der Waals surface area contributed by atoms with E-state index in [1.54, 1.807) is 19.4 Å². The zero-order valence-corrected chi connectivity index (χ0v) is 14.3. The molecule has 0 fully saturated rings. The van der Waals surface area contributed by atoms with Crippen LogP contribution in [0, 0.1) is 17.1 Å². The maximum atomic E-state index is 13.4. The first-order valence-electron chi connectivity index (χ1n) is 8.19. The Bertz CT molecular complexity index is 1260. The fourth-order valence-corrected chi connectivity index (χ4v) is 3.10. The number of carbonyl (C=O) groups is 1. The summed E-state index contributed by atoms with van der Waals surface area (Å²) < 4.78 is 18.6. The number of benzene rings is 2. The Kier molecular flexibility index (Phi) is 3.98. The van der Waals surface area contributed by atoms with Crippen LogP contribution in [0.5, 0.6) is 5.75 Å². The number of hydrogen-bond acceptors (Lipinski definition) is 3. The Morgan fingerprint density at radius 3 is 2.70 bits per heavy atom. The van der Waals surface area contributed by atoms with Gasteiger partial charge in [-0.3, -0.25) is 4.79 Å². The molecule has 2 aromatic heterocycles. The van der Waals surface area contributed by atoms with Crippen LogP contribution in [0.15, 0.2) is 54.4 Å². The molecule has 0 atom stereocenters. The van der Waals surface area contributed by atoms with E-state index < -0.39 is 11.6 Å². The van der Waals surface area contributed by atoms with E-state index in [1.807, 2.05) is 24.3 Å². The number of halogens is 1. The number of hydrogen-bond donors (Lipinski definition) is 2. The number of Topliss-reactive ketones (excluding diaryl/α,β-unsaturated/α-hetero) is 1. The van der Waals surface area contributed by atoms with Crippen molar-refractivity contribution in [2.45, 2.75) is 0 Å². The van der Waals surface area contributed by atoms with Crippen molar-refractivity contribution in [2.24, 2.45) is 0 Å². The monoisotopic (exact) mass is 359 g/mol. The highest BCUT2D eigenvalue weighted by Gasteiger charge is 2.17. The minimum Gasteiger partial charge on any atom is -0.497 e. The van der Waals surface area contributed by atoms with Gasteiger partial charge in [-0.1, -0.05) is 0 Å². The molecule has 0 radical (unpaired) electrons. The lowest BCUT2D eigenvalue weighted by molar-refractivity contribution is 0.104. The van der Waals surface area contributed by atoms with Gasteiger partial charge >= 0.3 is 0 Å². The predicted molar refractivity (Wildman–Crippen MR) is 101 cm³/mol. The summed E-state index contributed by atoms with van der Waals surface area (Å²) in [6.07, 6.45) is 4.78. The zero-order chi connectivity index (χ0) is 19.0. The molecule has 0 unspecified atom stereocenters. The summed E-state index contributed by atoms with van der Waals surface area (Å²) in [5.74, 6) is -0.139. The van der Waals surface area contributed by atoms with Crippen LogP contribution in [0.25, 0.3) is 27.9 Å². The van der Waals surface area contributed by atoms with Crippen LogP contribution in [0.2, 0.25) is 0 Å². The van der Waals surface area contributed by atoms with Gasteiger partial charge in [-0.2, -0.15) is 5.26 Å². The molecule has 6 heteroatoms. The van der Waals surface area contributed by atoms with Crippen molar-refractivity contribution in [3.63, 3.8) is 0 Å². The second-order valence-corrected chi connectivity index (χ2v) is 6.05. The number of H-pyrrole nitrogens is 2. The molecule has 4 rings (SSSR count). The van der Waals surface area contributed by atoms with Gasteiger partial charge in [-0.15, -0.1) is 0 Å². The highest BCUT2D eigenvalue weighted by Crippen LogP contribution is 2.27. The summed E-state index contributed by atoms with van der Waals surface area (Å²) in [6.45, 7) is 0. The Morgan fingerprint density at radius 1 is 1.11 bits per heavy atom. The van der Waals surface area contributed by atoms with E-state index in [2.05, 4.69) is 9.97 Å². The number of nitrogens with one attached hydrogen (secondary N) is 2. The summed E-state index contributed by atoms with van der Waals surface area (Å²) in [7, 11) is 1.58. The maximum Gasteiger partial charge on any atom is 0.205 e. The molecule has 0 saturated carbocycles. The fourth-order valence-electron chi connectivity index (χ4n) is 3.10. The summed E-state index contributed by atoms with van der Waals surface area (Å²) in [6, 6.07) is 11.6. The van der Waals surface area contributed by atoms with Crippen molar-refractivity contribution in [3.05, 3.63) is 71.3 Å². The minimum atomic E-state index is -0.424. The average Bonchev–Trinajstić information content (AvgIpc) is 3.28. The predicted octanol–water partition coefficient (Wildman–Crippen LogP) is 4.59. The molecule has 5 nitrogen and oxygen atoms in total. The molecule has 0 saturated heterocycles. The number of ether oxygens (including phenoxy) is 1. The van der Waals surface area contributed by atoms with E-state index in [0.29, 0.717) is 27.8 Å². The van der Waals surface area contributed by atoms with Gasteiger partial charge in [0, 0.05) is 45.3 Å². The molecule has 132 valence electrons. The van der Waals surface area contributed by atoms with Gasteiger partial charge in [-0.05, 0) is 42.5 Å². The average molecular weight is 359 g/mol. The molecule has 0 bridgehead atoms. The third-order valence-corrected chi connectivity index (χ3v) is 4.47. The van der Waals surface area contributed by atoms with Crippen molar-refractivity contribution in [3.8, 4) is 11.8 Å². The lowest BCUT2D eigenvalue weighted by Crippen LogP contribution is -2.01. The Hall–Kier alpha value is -3.85. The summed E-state index contributed by atoms with van der Waals surface area (Å²) in [5, 5.41) is 11.0. The van der Waals surface area contributed by atoms with Crippen molar-refractivity contribution in [1.29, 1.82) is 5.26 Å². The van der Waals surface area contributed by atoms with Crippen LogP contribution in [0.4, 0.5) is 4.39 Å². The van der Waals surface area contributed by atoms with Crippen molar-refractivity contribution in [2.75, 3.05) is 7.11 Å². The van der Waals surface area contributed by atoms with Crippen LogP contribution in [0.1, 0.15) is 15.9 Å². The molecule has 0 amide bonds. The van der Waals surface area contributed by atoms with Gasteiger partial charge in [0.2, 0.25) is 5.78 Å². The van der Waals surface area contributed by atoms with Crippen LogP contribution in [-0.4, -0.2) is 22.9 Å². The van der Waals surface area contributed by atoms with E-state index in [-0.39, 0.29) is 5.57 Å². The van der Waals surface area contributed by atoms with Gasteiger partial charge in [0.25, 0.3) is 0 Å². The van der Waals surface area contributed by atoms with Gasteiger partial charge in [0.15, 0.2) is 0 Å². The van der Waals surface area contributed by atoms with Gasteiger partial charge < -0.3 is 14.7 Å². The standard InChI is InChI=1S/C21H14FN3O2/c1-27-15-3-5-19-17(8-15)13(10-24-19)6-12(9-23)21(26)18-11-25-20-7-14(22)2-4-16(18)20/h2-8,10-11,24-25H,1H3/b12-6+. The van der Waals surface area contributed by atoms with Crippen LogP contribution < -0.4 is 4.74 Å². The largest absolute Gasteiger partial charge is 0.497 e. The van der Waals surface area contributed by atoms with Gasteiger partial charge in [0.05, 0.1) is 7.11 Å². The third kappa shape index (κ3) is 2.85. The highest BCUT2D eigenvalue weighted by molar-refractivity contribution is 6.20. The molecular formula is C21H14FN3O2. The van der Waals surface area contributed by atoms with Crippen LogP contribution in [0.3, 0.4) is 0 Å². The van der Waals surface area contributed by atoms with E-state index in [1.165, 1.54) is 24.4 Å². The van der Waals surface area contributed by atoms with E-state index in [0.717, 1.165) is 10.9 Å². The molecule has 0 aliphatic heterocycles. The lowest BCUT2D eigenvalue weighted by Gasteiger charge is -2.01. The second kappa shape index (κ2) is 6.46. The Morgan fingerprint density at radius 2 is 1.93 bits per heavy atom. The van der Waals surface area contributed by atoms with Crippen LogP contribution in [-0.2, 0) is 0 Å². The van der Waals surface area contributed by atoms with Gasteiger partial charge in [0.1, 0.15) is 23.2 Å². The smallest absolute Gasteiger partial charge is 0.205 e. The topological polar surface area (TPSA) is 81.7 Å². The van der Waals surface area contributed by atoms with Crippen LogP contribution >= 0.6 is 0 Å². The summed E-state index contributed by atoms with van der Waals surface area (Å²) in [5.41, 5.74) is 2.40. The number of aromatic nitrogens is 2. The Balaban J connectivity index is 1.79. The first kappa shape index (κ1) is 16.6. The number of fused-ring (bicyclic) bond motifs is 2. The molecule has 0 aliphatic rings. The number of rotatable bonds is 4. The number of methoxy groups -OCH3 is 1. The normalized spacial score (nSPS) is 11.7. The molecule has 2 aromatic carbocycles. The van der Waals surface area contributed by atoms with Crippen molar-refractivity contribution in [1.82, 2.24) is 9.97 Å². The van der Waals surface area contributed by atoms with Crippen molar-refractivity contribution < 1.29 is 13.9 Å². The first-order valence-corrected chi connectivity index (χ1v) is 8.19. The van der Waals surface area contributed by atoms with Crippen molar-refractivity contribution >= 4 is 33.7 Å². The molecule has 2 heterocycles. The Labute approximate surface area is 153 Å². The first-order chi connectivity index (χ1) is 13.1. The number of carbonyl (C=O) groups excluding carboxylic acids is 1. The molecule has 2 N–H and O–H groups in total. The highest BCUT2D eigenvalue weighted by atomic mass is 19.1. The SMILES string of the molecule is COc1ccc2[nH]cc(/C=C(\C#N)C(=O)c3c[nH]c4cc(F)ccc34)c2c1. The number of allylic oxidation sites excluding steroid dienone is 1. The van der Waals surface area contributed by atoms with Gasteiger partial charge in [-0.25, -0.2) is 4.39 Å². The van der Waals surface area contributed by atoms with E-state index in [4.69, 9.17) is 4.74 Å². The maximum absolute atomic E-state index is 13.4. The second-order valence-electron chi connectivity index (χ2n) is 6.05. The molecule has 0 spiro atoms. The summed E-state index contributed by atoms with van der Waals surface area (Å²) >= 11 is 0. The molecule has 0 aliphatic carbocycles. The number of nitriles is 1. The zero-order valence-electron chi connectivity index (χ0n) is 14.3. The fraction of sp³-hybridized carbons (Fsp3) is 0.0476. The number of aromatic amines is 2. The lowest BCUT2D eigenvalue weighted by atomic mass is 10.0. The third-order valence-electron chi connectivity index (χ3n) is 4.47. The molecule has 4 aromatic rings. The van der Waals surface area contributed by atoms with E-state index >= 15 is 0 Å². The summed E-state index contributed by atoms with van der Waals surface area (Å²) in [4.78, 5) is 18.9. The van der Waals surface area contributed by atoms with E-state index in [9.17, 15) is 14.4 Å². The molecular weight excluding hydrogens is 345 g/mol.